The van der Waals surface area contributed by atoms with E-state index >= 15 is 0 Å². The molecule has 2 aliphatic rings. The fraction of sp³-hybridized carbons (Fsp3) is 0.733. The Bertz CT molecular complexity index is 605. The lowest BCUT2D eigenvalue weighted by molar-refractivity contribution is 0.0719. The van der Waals surface area contributed by atoms with Crippen LogP contribution in [0.25, 0.3) is 0 Å². The van der Waals surface area contributed by atoms with E-state index < -0.39 is 0 Å². The van der Waals surface area contributed by atoms with Gasteiger partial charge < -0.3 is 4.52 Å². The van der Waals surface area contributed by atoms with Crippen molar-refractivity contribution in [1.82, 2.24) is 29.8 Å². The third-order valence-electron chi connectivity index (χ3n) is 4.79. The van der Waals surface area contributed by atoms with E-state index in [2.05, 4.69) is 32.0 Å². The Kier molecular flexibility index (Phi) is 3.65. The summed E-state index contributed by atoms with van der Waals surface area (Å²) in [5.41, 5.74) is 0. The van der Waals surface area contributed by atoms with Crippen LogP contribution in [0, 0.1) is 0 Å². The first kappa shape index (κ1) is 13.9. The number of piperidine rings is 1. The Balaban J connectivity index is 1.49. The molecule has 4 rings (SSSR count). The zero-order chi connectivity index (χ0) is 14.9. The van der Waals surface area contributed by atoms with Gasteiger partial charge in [-0.05, 0) is 39.2 Å². The molecule has 2 fully saturated rings. The van der Waals surface area contributed by atoms with Crippen molar-refractivity contribution in [1.29, 1.82) is 0 Å². The van der Waals surface area contributed by atoms with Gasteiger partial charge in [-0.1, -0.05) is 11.6 Å². The average Bonchev–Trinajstić information content (AvgIpc) is 3.06. The van der Waals surface area contributed by atoms with Crippen molar-refractivity contribution in [2.45, 2.75) is 63.6 Å². The van der Waals surface area contributed by atoms with E-state index in [9.17, 15) is 0 Å². The molecule has 2 atom stereocenters. The molecule has 2 aromatic rings. The first-order chi connectivity index (χ1) is 10.8. The number of nitrogens with zero attached hydrogens (tertiary/aromatic N) is 6. The van der Waals surface area contributed by atoms with Crippen LogP contribution in [0.1, 0.15) is 62.7 Å². The van der Waals surface area contributed by atoms with Gasteiger partial charge in [-0.15, -0.1) is 0 Å². The van der Waals surface area contributed by atoms with E-state index in [4.69, 9.17) is 4.52 Å². The zero-order valence-corrected chi connectivity index (χ0v) is 12.9. The molecule has 7 nitrogen and oxygen atoms in total. The highest BCUT2D eigenvalue weighted by atomic mass is 16.5. The average molecular weight is 302 g/mol. The predicted octanol–water partition coefficient (Wildman–Crippen LogP) is 2.15. The fourth-order valence-corrected chi connectivity index (χ4v) is 3.34. The van der Waals surface area contributed by atoms with Gasteiger partial charge in [-0.25, -0.2) is 4.98 Å². The molecule has 1 saturated carbocycles. The second kappa shape index (κ2) is 5.79. The molecule has 7 heteroatoms. The summed E-state index contributed by atoms with van der Waals surface area (Å²) in [5.74, 6) is 2.19. The van der Waals surface area contributed by atoms with Crippen LogP contribution >= 0.6 is 0 Å². The van der Waals surface area contributed by atoms with E-state index in [-0.39, 0.29) is 6.04 Å². The Morgan fingerprint density at radius 1 is 1.32 bits per heavy atom. The number of aromatic nitrogens is 5. The van der Waals surface area contributed by atoms with Crippen molar-refractivity contribution in [3.8, 4) is 0 Å². The predicted molar refractivity (Wildman–Crippen MR) is 79.1 cm³/mol. The summed E-state index contributed by atoms with van der Waals surface area (Å²) in [7, 11) is 0. The van der Waals surface area contributed by atoms with Crippen LogP contribution in [-0.4, -0.2) is 42.4 Å². The molecule has 2 aromatic heterocycles. The summed E-state index contributed by atoms with van der Waals surface area (Å²) < 4.78 is 7.44. The smallest absolute Gasteiger partial charge is 0.243 e. The summed E-state index contributed by atoms with van der Waals surface area (Å²) in [6.45, 7) is 4.11. The Morgan fingerprint density at radius 3 is 3.00 bits per heavy atom. The van der Waals surface area contributed by atoms with Crippen LogP contribution in [0.4, 0.5) is 0 Å². The molecule has 0 spiro atoms. The first-order valence-electron chi connectivity index (χ1n) is 8.23. The van der Waals surface area contributed by atoms with Gasteiger partial charge in [-0.3, -0.25) is 9.58 Å². The minimum absolute atomic E-state index is 0.161. The van der Waals surface area contributed by atoms with Gasteiger partial charge in [0.05, 0.1) is 12.6 Å². The third-order valence-corrected chi connectivity index (χ3v) is 4.79. The van der Waals surface area contributed by atoms with Crippen molar-refractivity contribution < 1.29 is 4.52 Å². The Morgan fingerprint density at radius 2 is 2.23 bits per heavy atom. The molecule has 22 heavy (non-hydrogen) atoms. The highest BCUT2D eigenvalue weighted by molar-refractivity contribution is 5.05. The van der Waals surface area contributed by atoms with E-state index in [0.717, 1.165) is 24.8 Å². The van der Waals surface area contributed by atoms with Crippen molar-refractivity contribution in [3.05, 3.63) is 24.4 Å². The van der Waals surface area contributed by atoms with Crippen molar-refractivity contribution in [2.75, 3.05) is 6.54 Å². The Hall–Kier alpha value is -1.76. The van der Waals surface area contributed by atoms with E-state index in [1.807, 2.05) is 4.68 Å². The normalized spacial score (nSPS) is 24.5. The van der Waals surface area contributed by atoms with Gasteiger partial charge >= 0.3 is 0 Å². The van der Waals surface area contributed by atoms with Gasteiger partial charge in [0.2, 0.25) is 5.89 Å². The van der Waals surface area contributed by atoms with Gasteiger partial charge in [0.15, 0.2) is 5.82 Å². The van der Waals surface area contributed by atoms with Crippen LogP contribution in [0.15, 0.2) is 17.2 Å². The molecule has 1 aliphatic heterocycles. The van der Waals surface area contributed by atoms with Crippen LogP contribution < -0.4 is 0 Å². The van der Waals surface area contributed by atoms with Crippen molar-refractivity contribution in [3.63, 3.8) is 0 Å². The maximum absolute atomic E-state index is 5.53. The van der Waals surface area contributed by atoms with Crippen molar-refractivity contribution >= 4 is 0 Å². The maximum Gasteiger partial charge on any atom is 0.243 e. The summed E-state index contributed by atoms with van der Waals surface area (Å²) >= 11 is 0. The summed E-state index contributed by atoms with van der Waals surface area (Å²) in [6, 6.07) is 0.607. The Labute approximate surface area is 129 Å². The standard InChI is InChI=1S/C15H22N6O/c1-11(15-18-14(19-22-15)12-5-6-12)21-7-3-2-4-13(21)8-20-10-16-9-17-20/h9-13H,2-8H2,1H3/t11-,13-/m1/s1. The molecular weight excluding hydrogens is 280 g/mol. The second-order valence-corrected chi connectivity index (χ2v) is 6.45. The molecule has 1 saturated heterocycles. The zero-order valence-electron chi connectivity index (χ0n) is 12.9. The van der Waals surface area contributed by atoms with Gasteiger partial charge in [0.25, 0.3) is 0 Å². The molecule has 3 heterocycles. The molecule has 1 aliphatic carbocycles. The van der Waals surface area contributed by atoms with E-state index in [1.165, 1.54) is 32.1 Å². The molecule has 0 bridgehead atoms. The molecule has 0 amide bonds. The lowest BCUT2D eigenvalue weighted by Crippen LogP contribution is -2.43. The second-order valence-electron chi connectivity index (χ2n) is 6.45. The molecule has 0 N–H and O–H groups in total. The SMILES string of the molecule is C[C@H](c1nc(C2CC2)no1)N1CCCC[C@@H]1Cn1cncn1. The molecule has 118 valence electrons. The minimum Gasteiger partial charge on any atom is -0.338 e. The van der Waals surface area contributed by atoms with Crippen LogP contribution in [0.5, 0.6) is 0 Å². The van der Waals surface area contributed by atoms with Crippen LogP contribution in [0.2, 0.25) is 0 Å². The number of hydrogen-bond acceptors (Lipinski definition) is 6. The first-order valence-corrected chi connectivity index (χ1v) is 8.23. The molecule has 0 aromatic carbocycles. The quantitative estimate of drug-likeness (QED) is 0.842. The van der Waals surface area contributed by atoms with Gasteiger partial charge in [-0.2, -0.15) is 10.1 Å². The maximum atomic E-state index is 5.53. The van der Waals surface area contributed by atoms with Gasteiger partial charge in [0, 0.05) is 12.0 Å². The summed E-state index contributed by atoms with van der Waals surface area (Å²) in [4.78, 5) is 11.1. The highest BCUT2D eigenvalue weighted by Crippen LogP contribution is 2.39. The summed E-state index contributed by atoms with van der Waals surface area (Å²) in [5, 5.41) is 8.39. The largest absolute Gasteiger partial charge is 0.338 e. The lowest BCUT2D eigenvalue weighted by atomic mass is 10.00. The fourth-order valence-electron chi connectivity index (χ4n) is 3.34. The number of likely N-dealkylation sites (tertiary alicyclic amines) is 1. The van der Waals surface area contributed by atoms with Gasteiger partial charge in [0.1, 0.15) is 12.7 Å². The van der Waals surface area contributed by atoms with Crippen LogP contribution in [-0.2, 0) is 6.54 Å². The molecular formula is C15H22N6O. The van der Waals surface area contributed by atoms with Crippen molar-refractivity contribution in [2.24, 2.45) is 0 Å². The van der Waals surface area contributed by atoms with E-state index in [0.29, 0.717) is 12.0 Å². The molecule has 0 unspecified atom stereocenters. The molecule has 0 radical (unpaired) electrons. The van der Waals surface area contributed by atoms with Crippen LogP contribution in [0.3, 0.4) is 0 Å². The topological polar surface area (TPSA) is 72.9 Å². The summed E-state index contributed by atoms with van der Waals surface area (Å²) in [6.07, 6.45) is 9.44. The lowest BCUT2D eigenvalue weighted by Gasteiger charge is -2.38. The minimum atomic E-state index is 0.161. The number of hydrogen-bond donors (Lipinski definition) is 0. The monoisotopic (exact) mass is 302 g/mol. The number of rotatable bonds is 5. The van der Waals surface area contributed by atoms with E-state index in [1.54, 1.807) is 12.7 Å². The highest BCUT2D eigenvalue weighted by Gasteiger charge is 2.33. The third kappa shape index (κ3) is 2.77.